The number of nitrogens with zero attached hydrogens (tertiary/aromatic N) is 4. The van der Waals surface area contributed by atoms with Gasteiger partial charge in [0.05, 0.1) is 24.0 Å². The van der Waals surface area contributed by atoms with Crippen LogP contribution in [0, 0.1) is 0 Å². The first-order chi connectivity index (χ1) is 10.8. The van der Waals surface area contributed by atoms with E-state index in [2.05, 4.69) is 4.98 Å². The molecule has 6 nitrogen and oxygen atoms in total. The molecule has 6 heteroatoms. The number of urea groups is 1. The predicted molar refractivity (Wildman–Crippen MR) is 81.4 cm³/mol. The van der Waals surface area contributed by atoms with Crippen molar-refractivity contribution in [3.05, 3.63) is 24.5 Å². The largest absolute Gasteiger partial charge is 0.325 e. The molecule has 2 atom stereocenters. The van der Waals surface area contributed by atoms with Gasteiger partial charge in [-0.1, -0.05) is 0 Å². The molecule has 4 rings (SSSR count). The number of amides is 3. The van der Waals surface area contributed by atoms with Crippen LogP contribution in [0.1, 0.15) is 25.7 Å². The third-order valence-electron chi connectivity index (χ3n) is 5.04. The lowest BCUT2D eigenvalue weighted by Gasteiger charge is -2.28. The van der Waals surface area contributed by atoms with E-state index in [-0.39, 0.29) is 24.0 Å². The van der Waals surface area contributed by atoms with Gasteiger partial charge in [0, 0.05) is 32.3 Å². The Bertz CT molecular complexity index is 585. The van der Waals surface area contributed by atoms with Crippen LogP contribution in [-0.4, -0.2) is 58.4 Å². The Balaban J connectivity index is 1.55. The average molecular weight is 300 g/mol. The number of rotatable bonds is 1. The van der Waals surface area contributed by atoms with E-state index >= 15 is 0 Å². The molecule has 3 aliphatic heterocycles. The van der Waals surface area contributed by atoms with E-state index in [0.29, 0.717) is 6.42 Å². The zero-order chi connectivity index (χ0) is 15.1. The fourth-order valence-electron chi connectivity index (χ4n) is 4.01. The van der Waals surface area contributed by atoms with Crippen LogP contribution in [0.5, 0.6) is 0 Å². The number of likely N-dealkylation sites (tertiary alicyclic amines) is 2. The SMILES string of the molecule is O=C(N1CCCC1)N1CC[C@H]2[C@H]1CC(=O)N2c1cccnc1. The van der Waals surface area contributed by atoms with Crippen molar-refractivity contribution in [2.45, 2.75) is 37.8 Å². The Labute approximate surface area is 129 Å². The second-order valence-corrected chi connectivity index (χ2v) is 6.27. The highest BCUT2D eigenvalue weighted by Gasteiger charge is 2.49. The van der Waals surface area contributed by atoms with Gasteiger partial charge in [-0.15, -0.1) is 0 Å². The van der Waals surface area contributed by atoms with Crippen LogP contribution < -0.4 is 4.90 Å². The van der Waals surface area contributed by atoms with Gasteiger partial charge >= 0.3 is 6.03 Å². The molecule has 0 aliphatic carbocycles. The van der Waals surface area contributed by atoms with E-state index in [1.807, 2.05) is 26.8 Å². The molecule has 1 aromatic rings. The summed E-state index contributed by atoms with van der Waals surface area (Å²) in [5.41, 5.74) is 0.843. The van der Waals surface area contributed by atoms with Gasteiger partial charge in [-0.2, -0.15) is 0 Å². The van der Waals surface area contributed by atoms with Crippen LogP contribution in [0.4, 0.5) is 10.5 Å². The smallest absolute Gasteiger partial charge is 0.320 e. The van der Waals surface area contributed by atoms with Crippen LogP contribution in [0.2, 0.25) is 0 Å². The van der Waals surface area contributed by atoms with Crippen molar-refractivity contribution in [2.24, 2.45) is 0 Å². The Hall–Kier alpha value is -2.11. The molecule has 116 valence electrons. The summed E-state index contributed by atoms with van der Waals surface area (Å²) in [5.74, 6) is 0.0990. The highest BCUT2D eigenvalue weighted by atomic mass is 16.2. The van der Waals surface area contributed by atoms with Crippen molar-refractivity contribution in [2.75, 3.05) is 24.5 Å². The van der Waals surface area contributed by atoms with Gasteiger partial charge in [0.2, 0.25) is 5.91 Å². The van der Waals surface area contributed by atoms with Crippen molar-refractivity contribution in [3.8, 4) is 0 Å². The summed E-state index contributed by atoms with van der Waals surface area (Å²) in [7, 11) is 0. The van der Waals surface area contributed by atoms with E-state index in [1.165, 1.54) is 0 Å². The van der Waals surface area contributed by atoms with E-state index < -0.39 is 0 Å². The van der Waals surface area contributed by atoms with Gasteiger partial charge in [-0.25, -0.2) is 4.79 Å². The van der Waals surface area contributed by atoms with Crippen LogP contribution >= 0.6 is 0 Å². The van der Waals surface area contributed by atoms with Crippen LogP contribution in [0.3, 0.4) is 0 Å². The third kappa shape index (κ3) is 2.05. The van der Waals surface area contributed by atoms with Gasteiger partial charge in [-0.05, 0) is 31.4 Å². The van der Waals surface area contributed by atoms with Crippen molar-refractivity contribution in [1.29, 1.82) is 0 Å². The van der Waals surface area contributed by atoms with Crippen molar-refractivity contribution >= 4 is 17.6 Å². The molecule has 3 saturated heterocycles. The summed E-state index contributed by atoms with van der Waals surface area (Å²) in [6, 6.07) is 3.99. The molecule has 0 bridgehead atoms. The zero-order valence-corrected chi connectivity index (χ0v) is 12.5. The fourth-order valence-corrected chi connectivity index (χ4v) is 4.01. The molecule has 0 spiro atoms. The molecule has 1 aromatic heterocycles. The Morgan fingerprint density at radius 1 is 1.18 bits per heavy atom. The number of carbonyl (C=O) groups excluding carboxylic acids is 2. The average Bonchev–Trinajstić information content (AvgIpc) is 3.23. The van der Waals surface area contributed by atoms with Gasteiger partial charge in [0.15, 0.2) is 0 Å². The first-order valence-electron chi connectivity index (χ1n) is 8.03. The van der Waals surface area contributed by atoms with Crippen molar-refractivity contribution in [1.82, 2.24) is 14.8 Å². The molecule has 0 radical (unpaired) electrons. The number of fused-ring (bicyclic) bond motifs is 1. The molecule has 0 saturated carbocycles. The minimum Gasteiger partial charge on any atom is -0.325 e. The summed E-state index contributed by atoms with van der Waals surface area (Å²) >= 11 is 0. The number of anilines is 1. The van der Waals surface area contributed by atoms with Gasteiger partial charge in [0.25, 0.3) is 0 Å². The molecule has 0 N–H and O–H groups in total. The first kappa shape index (κ1) is 13.5. The van der Waals surface area contributed by atoms with Gasteiger partial charge in [0.1, 0.15) is 0 Å². The third-order valence-corrected chi connectivity index (χ3v) is 5.04. The summed E-state index contributed by atoms with van der Waals surface area (Å²) in [5, 5.41) is 0. The van der Waals surface area contributed by atoms with E-state index in [9.17, 15) is 9.59 Å². The molecule has 3 amide bonds. The summed E-state index contributed by atoms with van der Waals surface area (Å²) in [4.78, 5) is 34.9. The predicted octanol–water partition coefficient (Wildman–Crippen LogP) is 1.48. The Kier molecular flexibility index (Phi) is 3.24. The molecule has 0 aromatic carbocycles. The second kappa shape index (κ2) is 5.26. The monoisotopic (exact) mass is 300 g/mol. The number of aromatic nitrogens is 1. The summed E-state index contributed by atoms with van der Waals surface area (Å²) < 4.78 is 0. The van der Waals surface area contributed by atoms with Gasteiger partial charge < -0.3 is 14.7 Å². The number of hydrogen-bond donors (Lipinski definition) is 0. The topological polar surface area (TPSA) is 56.8 Å². The van der Waals surface area contributed by atoms with E-state index in [1.54, 1.807) is 12.4 Å². The van der Waals surface area contributed by atoms with E-state index in [4.69, 9.17) is 0 Å². The minimum absolute atomic E-state index is 0.0146. The highest BCUT2D eigenvalue weighted by Crippen LogP contribution is 2.36. The summed E-state index contributed by atoms with van der Waals surface area (Å²) in [6.45, 7) is 2.45. The number of carbonyl (C=O) groups is 2. The first-order valence-corrected chi connectivity index (χ1v) is 8.03. The molecule has 22 heavy (non-hydrogen) atoms. The molecule has 3 fully saturated rings. The van der Waals surface area contributed by atoms with Crippen molar-refractivity contribution < 1.29 is 9.59 Å². The maximum atomic E-state index is 12.6. The lowest BCUT2D eigenvalue weighted by atomic mass is 10.1. The van der Waals surface area contributed by atoms with Crippen LogP contribution in [0.15, 0.2) is 24.5 Å². The molecular weight excluding hydrogens is 280 g/mol. The molecule has 0 unspecified atom stereocenters. The second-order valence-electron chi connectivity index (χ2n) is 6.27. The fraction of sp³-hybridized carbons (Fsp3) is 0.562. The Morgan fingerprint density at radius 2 is 2.00 bits per heavy atom. The number of pyridine rings is 1. The normalized spacial score (nSPS) is 27.6. The van der Waals surface area contributed by atoms with Crippen LogP contribution in [-0.2, 0) is 4.79 Å². The van der Waals surface area contributed by atoms with E-state index in [0.717, 1.165) is 44.6 Å². The zero-order valence-electron chi connectivity index (χ0n) is 12.5. The maximum Gasteiger partial charge on any atom is 0.320 e. The maximum absolute atomic E-state index is 12.6. The minimum atomic E-state index is 0.0146. The standard InChI is InChI=1S/C16H20N4O2/c21-15-10-14-13(20(15)12-4-3-6-17-11-12)5-9-19(14)16(22)18-7-1-2-8-18/h3-4,6,11,13-14H,1-2,5,7-10H2/t13-,14+/m0/s1. The van der Waals surface area contributed by atoms with Gasteiger partial charge in [-0.3, -0.25) is 9.78 Å². The summed E-state index contributed by atoms with van der Waals surface area (Å²) in [6.07, 6.45) is 6.90. The van der Waals surface area contributed by atoms with Crippen molar-refractivity contribution in [3.63, 3.8) is 0 Å². The quantitative estimate of drug-likeness (QED) is 0.789. The lowest BCUT2D eigenvalue weighted by Crippen LogP contribution is -2.46. The lowest BCUT2D eigenvalue weighted by molar-refractivity contribution is -0.117. The molecular formula is C16H20N4O2. The molecule has 4 heterocycles. The molecule has 3 aliphatic rings. The highest BCUT2D eigenvalue weighted by molar-refractivity contribution is 5.98. The van der Waals surface area contributed by atoms with Crippen LogP contribution in [0.25, 0.3) is 0 Å². The number of hydrogen-bond acceptors (Lipinski definition) is 3. The Morgan fingerprint density at radius 3 is 2.73 bits per heavy atom.